The highest BCUT2D eigenvalue weighted by Gasteiger charge is 2.28. The minimum atomic E-state index is -0.963. The molecule has 0 amide bonds. The van der Waals surface area contributed by atoms with E-state index in [0.29, 0.717) is 11.5 Å². The van der Waals surface area contributed by atoms with E-state index in [9.17, 15) is 9.59 Å². The van der Waals surface area contributed by atoms with Crippen molar-refractivity contribution in [3.63, 3.8) is 0 Å². The number of likely N-dealkylation sites (N-methyl/N-ethyl adjacent to an activating group) is 2. The molecule has 1 fully saturated rings. The molecule has 0 saturated carbocycles. The summed E-state index contributed by atoms with van der Waals surface area (Å²) in [6.45, 7) is 3.10. The summed E-state index contributed by atoms with van der Waals surface area (Å²) in [5.41, 5.74) is 0.514. The maximum absolute atomic E-state index is 12.4. The van der Waals surface area contributed by atoms with Gasteiger partial charge in [-0.05, 0) is 6.92 Å². The lowest BCUT2D eigenvalue weighted by atomic mass is 10.0. The van der Waals surface area contributed by atoms with Crippen LogP contribution in [0.1, 0.15) is 17.3 Å². The molecule has 0 spiro atoms. The van der Waals surface area contributed by atoms with Gasteiger partial charge in [0, 0.05) is 32.7 Å². The van der Waals surface area contributed by atoms with Gasteiger partial charge in [-0.3, -0.25) is 9.59 Å². The van der Waals surface area contributed by atoms with E-state index in [2.05, 4.69) is 4.99 Å². The Morgan fingerprint density at radius 1 is 1.10 bits per heavy atom. The number of hydrogen-bond acceptors (Lipinski definition) is 3. The second-order valence-corrected chi connectivity index (χ2v) is 5.02. The summed E-state index contributed by atoms with van der Waals surface area (Å²) in [6, 6.07) is 7.86. The fraction of sp³-hybridized carbons (Fsp3) is 0.400. The first-order valence-electron chi connectivity index (χ1n) is 6.60. The van der Waals surface area contributed by atoms with Crippen molar-refractivity contribution in [2.24, 2.45) is 4.99 Å². The summed E-state index contributed by atoms with van der Waals surface area (Å²) < 4.78 is 0. The SMILES string of the molecule is CC(=O)C(N=C1N(C)CCN1C)C(=O)c1ccccc1. The maximum Gasteiger partial charge on any atom is 0.197 e. The quantitative estimate of drug-likeness (QED) is 0.608. The fourth-order valence-corrected chi connectivity index (χ4v) is 2.20. The number of carbonyl (C=O) groups excluding carboxylic acids is 2. The maximum atomic E-state index is 12.4. The Kier molecular flexibility index (Phi) is 4.17. The monoisotopic (exact) mass is 273 g/mol. The zero-order valence-corrected chi connectivity index (χ0v) is 12.0. The van der Waals surface area contributed by atoms with Gasteiger partial charge in [-0.15, -0.1) is 0 Å². The second-order valence-electron chi connectivity index (χ2n) is 5.02. The summed E-state index contributed by atoms with van der Waals surface area (Å²) in [6.07, 6.45) is 0. The molecule has 1 aromatic carbocycles. The Balaban J connectivity index is 2.31. The molecule has 5 heteroatoms. The van der Waals surface area contributed by atoms with E-state index >= 15 is 0 Å². The van der Waals surface area contributed by atoms with Crippen molar-refractivity contribution in [1.29, 1.82) is 0 Å². The summed E-state index contributed by atoms with van der Waals surface area (Å²) in [4.78, 5) is 32.5. The van der Waals surface area contributed by atoms with Crippen LogP contribution in [0.15, 0.2) is 35.3 Å². The van der Waals surface area contributed by atoms with Crippen molar-refractivity contribution >= 4 is 17.5 Å². The van der Waals surface area contributed by atoms with Crippen LogP contribution in [-0.2, 0) is 4.79 Å². The lowest BCUT2D eigenvalue weighted by molar-refractivity contribution is -0.117. The molecule has 1 aliphatic rings. The smallest absolute Gasteiger partial charge is 0.197 e. The zero-order chi connectivity index (χ0) is 14.7. The predicted octanol–water partition coefficient (Wildman–Crippen LogP) is 1.06. The van der Waals surface area contributed by atoms with Gasteiger partial charge in [0.15, 0.2) is 23.6 Å². The highest BCUT2D eigenvalue weighted by Crippen LogP contribution is 2.11. The second kappa shape index (κ2) is 5.86. The van der Waals surface area contributed by atoms with E-state index < -0.39 is 6.04 Å². The minimum absolute atomic E-state index is 0.236. The lowest BCUT2D eigenvalue weighted by Crippen LogP contribution is -2.35. The average Bonchev–Trinajstić information content (AvgIpc) is 2.75. The molecule has 1 saturated heterocycles. The molecule has 0 bridgehead atoms. The number of Topliss-reactive ketones (excluding diaryl/α,β-unsaturated/α-hetero) is 2. The van der Waals surface area contributed by atoms with Gasteiger partial charge in [0.25, 0.3) is 0 Å². The molecule has 20 heavy (non-hydrogen) atoms. The Labute approximate surface area is 118 Å². The molecule has 106 valence electrons. The molecule has 0 radical (unpaired) electrons. The fourth-order valence-electron chi connectivity index (χ4n) is 2.20. The van der Waals surface area contributed by atoms with E-state index in [1.165, 1.54) is 6.92 Å². The molecule has 5 nitrogen and oxygen atoms in total. The first-order chi connectivity index (χ1) is 9.50. The van der Waals surface area contributed by atoms with Gasteiger partial charge < -0.3 is 9.80 Å². The van der Waals surface area contributed by atoms with Crippen LogP contribution in [0.25, 0.3) is 0 Å². The lowest BCUT2D eigenvalue weighted by Gasteiger charge is -2.18. The molecule has 0 N–H and O–H groups in total. The molecule has 1 unspecified atom stereocenters. The molecule has 1 atom stereocenters. The average molecular weight is 273 g/mol. The third kappa shape index (κ3) is 2.87. The molecule has 0 aliphatic carbocycles. The molecule has 1 heterocycles. The number of rotatable bonds is 4. The van der Waals surface area contributed by atoms with Crippen LogP contribution in [0.2, 0.25) is 0 Å². The van der Waals surface area contributed by atoms with Crippen LogP contribution in [0.5, 0.6) is 0 Å². The summed E-state index contributed by atoms with van der Waals surface area (Å²) in [5, 5.41) is 0. The number of ketones is 2. The summed E-state index contributed by atoms with van der Waals surface area (Å²) in [5.74, 6) is 0.203. The van der Waals surface area contributed by atoms with E-state index in [1.54, 1.807) is 24.3 Å². The molecular weight excluding hydrogens is 254 g/mol. The van der Waals surface area contributed by atoms with Crippen molar-refractivity contribution < 1.29 is 9.59 Å². The number of nitrogens with zero attached hydrogens (tertiary/aromatic N) is 3. The number of aliphatic imine (C=N–C) groups is 1. The van der Waals surface area contributed by atoms with Gasteiger partial charge in [0.1, 0.15) is 0 Å². The Bertz CT molecular complexity index is 527. The van der Waals surface area contributed by atoms with E-state index in [-0.39, 0.29) is 11.6 Å². The van der Waals surface area contributed by atoms with Gasteiger partial charge in [0.2, 0.25) is 0 Å². The zero-order valence-electron chi connectivity index (χ0n) is 12.0. The third-order valence-corrected chi connectivity index (χ3v) is 3.39. The number of benzene rings is 1. The van der Waals surface area contributed by atoms with Crippen molar-refractivity contribution in [1.82, 2.24) is 9.80 Å². The molecule has 1 aromatic rings. The van der Waals surface area contributed by atoms with Crippen molar-refractivity contribution in [2.75, 3.05) is 27.2 Å². The Morgan fingerprint density at radius 2 is 1.65 bits per heavy atom. The number of guanidine groups is 1. The van der Waals surface area contributed by atoms with Crippen LogP contribution in [0.4, 0.5) is 0 Å². The molecule has 0 aromatic heterocycles. The van der Waals surface area contributed by atoms with E-state index in [1.807, 2.05) is 30.0 Å². The highest BCUT2D eigenvalue weighted by molar-refractivity contribution is 6.14. The Hall–Kier alpha value is -2.17. The van der Waals surface area contributed by atoms with Crippen LogP contribution in [0.3, 0.4) is 0 Å². The standard InChI is InChI=1S/C15H19N3O2/c1-11(19)13(14(20)12-7-5-4-6-8-12)16-15-17(2)9-10-18(15)3/h4-8,13H,9-10H2,1-3H3. The van der Waals surface area contributed by atoms with Gasteiger partial charge in [-0.25, -0.2) is 4.99 Å². The number of hydrogen-bond donors (Lipinski definition) is 0. The highest BCUT2D eigenvalue weighted by atomic mass is 16.2. The van der Waals surface area contributed by atoms with Crippen molar-refractivity contribution in [3.8, 4) is 0 Å². The number of carbonyl (C=O) groups is 2. The van der Waals surface area contributed by atoms with Gasteiger partial charge in [-0.2, -0.15) is 0 Å². The van der Waals surface area contributed by atoms with Crippen molar-refractivity contribution in [2.45, 2.75) is 13.0 Å². The Morgan fingerprint density at radius 3 is 2.15 bits per heavy atom. The molecule has 1 aliphatic heterocycles. The van der Waals surface area contributed by atoms with E-state index in [4.69, 9.17) is 0 Å². The molecular formula is C15H19N3O2. The third-order valence-electron chi connectivity index (χ3n) is 3.39. The first kappa shape index (κ1) is 14.2. The minimum Gasteiger partial charge on any atom is -0.344 e. The van der Waals surface area contributed by atoms with Crippen LogP contribution in [-0.4, -0.2) is 60.6 Å². The largest absolute Gasteiger partial charge is 0.344 e. The topological polar surface area (TPSA) is 53.0 Å². The molecule has 2 rings (SSSR count). The van der Waals surface area contributed by atoms with E-state index in [0.717, 1.165) is 13.1 Å². The van der Waals surface area contributed by atoms with Crippen molar-refractivity contribution in [3.05, 3.63) is 35.9 Å². The van der Waals surface area contributed by atoms with Crippen LogP contribution >= 0.6 is 0 Å². The predicted molar refractivity (Wildman–Crippen MR) is 77.9 cm³/mol. The van der Waals surface area contributed by atoms with Crippen LogP contribution < -0.4 is 0 Å². The van der Waals surface area contributed by atoms with Gasteiger partial charge in [-0.1, -0.05) is 30.3 Å². The summed E-state index contributed by atoms with van der Waals surface area (Å²) in [7, 11) is 3.82. The van der Waals surface area contributed by atoms with Crippen LogP contribution in [0, 0.1) is 0 Å². The van der Waals surface area contributed by atoms with Gasteiger partial charge >= 0.3 is 0 Å². The summed E-state index contributed by atoms with van der Waals surface area (Å²) >= 11 is 0. The normalized spacial score (nSPS) is 16.2. The van der Waals surface area contributed by atoms with Gasteiger partial charge in [0.05, 0.1) is 0 Å². The first-order valence-corrected chi connectivity index (χ1v) is 6.60.